The lowest BCUT2D eigenvalue weighted by Gasteiger charge is -2.25. The largest absolute Gasteiger partial charge is 0.465 e. The van der Waals surface area contributed by atoms with Crippen LogP contribution in [0, 0.1) is 0 Å². The molecule has 5 aromatic rings. The van der Waals surface area contributed by atoms with E-state index in [0.717, 1.165) is 13.0 Å². The van der Waals surface area contributed by atoms with E-state index >= 15 is 0 Å². The minimum Gasteiger partial charge on any atom is -0.465 e. The average molecular weight is 500 g/mol. The molecular formula is C35H33NO2. The lowest BCUT2D eigenvalue weighted by Crippen LogP contribution is -2.31. The van der Waals surface area contributed by atoms with E-state index in [1.54, 1.807) is 0 Å². The molecule has 5 rings (SSSR count). The topological polar surface area (TPSA) is 38.3 Å². The third-order valence-electron chi connectivity index (χ3n) is 7.28. The van der Waals surface area contributed by atoms with Crippen LogP contribution in [0.2, 0.25) is 0 Å². The summed E-state index contributed by atoms with van der Waals surface area (Å²) in [5.41, 5.74) is 4.22. The van der Waals surface area contributed by atoms with Gasteiger partial charge in [-0.3, -0.25) is 0 Å². The van der Waals surface area contributed by atoms with Crippen molar-refractivity contribution in [2.24, 2.45) is 0 Å². The maximum absolute atomic E-state index is 12.0. The highest BCUT2D eigenvalue weighted by Crippen LogP contribution is 2.27. The van der Waals surface area contributed by atoms with Crippen molar-refractivity contribution in [1.29, 1.82) is 0 Å². The number of rotatable bonds is 9. The second-order valence-electron chi connectivity index (χ2n) is 9.82. The van der Waals surface area contributed by atoms with Crippen molar-refractivity contribution in [1.82, 2.24) is 5.32 Å². The van der Waals surface area contributed by atoms with Crippen molar-refractivity contribution >= 4 is 33.6 Å². The van der Waals surface area contributed by atoms with Gasteiger partial charge in [0.05, 0.1) is 12.7 Å². The Morgan fingerprint density at radius 1 is 0.789 bits per heavy atom. The van der Waals surface area contributed by atoms with Gasteiger partial charge in [-0.1, -0.05) is 97.1 Å². The number of benzene rings is 5. The summed E-state index contributed by atoms with van der Waals surface area (Å²) in [6, 6.07) is 38.1. The Bertz CT molecular complexity index is 1570. The number of carbonyl (C=O) groups excluding carboxylic acids is 1. The highest BCUT2D eigenvalue weighted by atomic mass is 16.5. The van der Waals surface area contributed by atoms with Gasteiger partial charge >= 0.3 is 5.97 Å². The van der Waals surface area contributed by atoms with E-state index in [4.69, 9.17) is 4.74 Å². The van der Waals surface area contributed by atoms with E-state index in [1.807, 2.05) is 12.1 Å². The summed E-state index contributed by atoms with van der Waals surface area (Å²) < 4.78 is 4.88. The first-order chi connectivity index (χ1) is 18.6. The van der Waals surface area contributed by atoms with E-state index in [2.05, 4.69) is 121 Å². The molecule has 1 N–H and O–H groups in total. The van der Waals surface area contributed by atoms with Crippen LogP contribution in [-0.2, 0) is 11.3 Å². The van der Waals surface area contributed by atoms with Crippen LogP contribution in [0.5, 0.6) is 0 Å². The molecule has 3 heteroatoms. The van der Waals surface area contributed by atoms with Crippen LogP contribution < -0.4 is 5.32 Å². The van der Waals surface area contributed by atoms with E-state index < -0.39 is 0 Å². The van der Waals surface area contributed by atoms with Gasteiger partial charge in [0, 0.05) is 18.5 Å². The van der Waals surface area contributed by atoms with Crippen LogP contribution in [0.4, 0.5) is 0 Å². The van der Waals surface area contributed by atoms with Gasteiger partial charge in [0.2, 0.25) is 0 Å². The zero-order valence-electron chi connectivity index (χ0n) is 21.9. The molecule has 0 radical (unpaired) electrons. The van der Waals surface area contributed by atoms with Crippen molar-refractivity contribution in [3.05, 3.63) is 138 Å². The Labute approximate surface area is 224 Å². The van der Waals surface area contributed by atoms with Crippen molar-refractivity contribution < 1.29 is 9.53 Å². The van der Waals surface area contributed by atoms with Gasteiger partial charge in [-0.05, 0) is 75.8 Å². The fourth-order valence-corrected chi connectivity index (χ4v) is 5.05. The third kappa shape index (κ3) is 6.01. The summed E-state index contributed by atoms with van der Waals surface area (Å²) in [6.07, 6.45) is 5.34. The fraction of sp³-hybridized carbons (Fsp3) is 0.171. The maximum Gasteiger partial charge on any atom is 0.337 e. The molecule has 0 aliphatic carbocycles. The zero-order valence-corrected chi connectivity index (χ0v) is 21.9. The number of hydrogen-bond acceptors (Lipinski definition) is 3. The Morgan fingerprint density at radius 2 is 1.42 bits per heavy atom. The molecule has 0 aromatic heterocycles. The van der Waals surface area contributed by atoms with Gasteiger partial charge in [0.15, 0.2) is 0 Å². The molecule has 0 saturated carbocycles. The summed E-state index contributed by atoms with van der Waals surface area (Å²) >= 11 is 0. The minimum absolute atomic E-state index is 0.215. The molecule has 0 spiro atoms. The van der Waals surface area contributed by atoms with Crippen molar-refractivity contribution in [3.8, 4) is 0 Å². The smallest absolute Gasteiger partial charge is 0.337 e. The van der Waals surface area contributed by atoms with E-state index in [1.165, 1.54) is 45.3 Å². The first-order valence-corrected chi connectivity index (χ1v) is 13.2. The SMILES string of the molecule is COC(=O)c1ccc(C(C/C=C/c2ccc3ccccc3c2)C(C)NCc2ccc3ccccc3c2)cc1. The molecule has 5 aromatic carbocycles. The molecule has 0 heterocycles. The summed E-state index contributed by atoms with van der Waals surface area (Å²) in [7, 11) is 1.41. The quantitative estimate of drug-likeness (QED) is 0.208. The molecule has 0 amide bonds. The molecule has 2 unspecified atom stereocenters. The standard InChI is InChI=1S/C35H33NO2/c1-25(36-24-27-15-17-29-10-4-6-12-33(29)23-27)34(30-18-20-31(21-19-30)35(37)38-2)13-7-8-26-14-16-28-9-3-5-11-32(28)22-26/h3-12,14-23,25,34,36H,13,24H2,1-2H3/b8-7+. The average Bonchev–Trinajstić information content (AvgIpc) is 2.97. The molecule has 0 fully saturated rings. The Morgan fingerprint density at radius 3 is 2.11 bits per heavy atom. The molecule has 2 atom stereocenters. The molecular weight excluding hydrogens is 466 g/mol. The molecule has 190 valence electrons. The second kappa shape index (κ2) is 11.9. The summed E-state index contributed by atoms with van der Waals surface area (Å²) in [6.45, 7) is 3.03. The predicted octanol–water partition coefficient (Wildman–Crippen LogP) is 8.15. The summed E-state index contributed by atoms with van der Waals surface area (Å²) in [5.74, 6) is -0.0781. The number of allylic oxidation sites excluding steroid dienone is 1. The van der Waals surface area contributed by atoms with Crippen molar-refractivity contribution in [2.45, 2.75) is 31.8 Å². The molecule has 38 heavy (non-hydrogen) atoms. The summed E-state index contributed by atoms with van der Waals surface area (Å²) in [4.78, 5) is 12.0. The highest BCUT2D eigenvalue weighted by Gasteiger charge is 2.19. The van der Waals surface area contributed by atoms with E-state index in [0.29, 0.717) is 5.56 Å². The number of carbonyl (C=O) groups is 1. The normalized spacial score (nSPS) is 13.1. The minimum atomic E-state index is -0.313. The summed E-state index contributed by atoms with van der Waals surface area (Å²) in [5, 5.41) is 8.77. The molecule has 3 nitrogen and oxygen atoms in total. The van der Waals surface area contributed by atoms with E-state index in [-0.39, 0.29) is 17.9 Å². The van der Waals surface area contributed by atoms with Crippen molar-refractivity contribution in [3.63, 3.8) is 0 Å². The monoisotopic (exact) mass is 499 g/mol. The van der Waals surface area contributed by atoms with Crippen LogP contribution in [0.1, 0.15) is 46.3 Å². The Kier molecular flexibility index (Phi) is 7.96. The molecule has 0 aliphatic heterocycles. The molecule has 0 saturated heterocycles. The number of nitrogens with one attached hydrogen (secondary N) is 1. The van der Waals surface area contributed by atoms with Crippen LogP contribution >= 0.6 is 0 Å². The molecule has 0 aliphatic rings. The number of hydrogen-bond donors (Lipinski definition) is 1. The first kappa shape index (κ1) is 25.4. The van der Waals surface area contributed by atoms with Gasteiger partial charge in [-0.2, -0.15) is 0 Å². The van der Waals surface area contributed by atoms with Gasteiger partial charge < -0.3 is 10.1 Å². The van der Waals surface area contributed by atoms with Gasteiger partial charge in [0.25, 0.3) is 0 Å². The van der Waals surface area contributed by atoms with Crippen LogP contribution in [0.3, 0.4) is 0 Å². The number of ether oxygens (including phenoxy) is 1. The fourth-order valence-electron chi connectivity index (χ4n) is 5.05. The maximum atomic E-state index is 12.0. The van der Waals surface area contributed by atoms with Gasteiger partial charge in [-0.25, -0.2) is 4.79 Å². The van der Waals surface area contributed by atoms with Crippen molar-refractivity contribution in [2.75, 3.05) is 7.11 Å². The first-order valence-electron chi connectivity index (χ1n) is 13.2. The van der Waals surface area contributed by atoms with E-state index in [9.17, 15) is 4.79 Å². The Balaban J connectivity index is 1.34. The zero-order chi connectivity index (χ0) is 26.3. The van der Waals surface area contributed by atoms with Crippen LogP contribution in [0.25, 0.3) is 27.6 Å². The second-order valence-corrected chi connectivity index (χ2v) is 9.82. The van der Waals surface area contributed by atoms with Crippen LogP contribution in [0.15, 0.2) is 115 Å². The Hall–Kier alpha value is -4.21. The van der Waals surface area contributed by atoms with Crippen LogP contribution in [-0.4, -0.2) is 19.1 Å². The number of fused-ring (bicyclic) bond motifs is 2. The van der Waals surface area contributed by atoms with Gasteiger partial charge in [-0.15, -0.1) is 0 Å². The predicted molar refractivity (Wildman–Crippen MR) is 158 cm³/mol. The lowest BCUT2D eigenvalue weighted by atomic mass is 9.88. The highest BCUT2D eigenvalue weighted by molar-refractivity contribution is 5.89. The number of methoxy groups -OCH3 is 1. The molecule has 0 bridgehead atoms. The third-order valence-corrected chi connectivity index (χ3v) is 7.28. The lowest BCUT2D eigenvalue weighted by molar-refractivity contribution is 0.0600. The number of esters is 1. The van der Waals surface area contributed by atoms with Gasteiger partial charge in [0.1, 0.15) is 0 Å².